The van der Waals surface area contributed by atoms with E-state index in [0.717, 1.165) is 30.5 Å². The van der Waals surface area contributed by atoms with E-state index in [-0.39, 0.29) is 23.8 Å². The molecule has 0 unspecified atom stereocenters. The zero-order valence-corrected chi connectivity index (χ0v) is 23.2. The van der Waals surface area contributed by atoms with Crippen molar-refractivity contribution < 1.29 is 14.4 Å². The van der Waals surface area contributed by atoms with Crippen molar-refractivity contribution in [2.45, 2.75) is 69.2 Å². The van der Waals surface area contributed by atoms with Crippen LogP contribution in [0.1, 0.15) is 57.2 Å². The molecule has 2 aromatic carbocycles. The van der Waals surface area contributed by atoms with Crippen LogP contribution in [0.4, 0.5) is 0 Å². The van der Waals surface area contributed by atoms with Gasteiger partial charge in [0.25, 0.3) is 5.91 Å². The molecule has 38 heavy (non-hydrogen) atoms. The zero-order chi connectivity index (χ0) is 27.5. The average molecular weight is 520 g/mol. The van der Waals surface area contributed by atoms with Gasteiger partial charge in [0.2, 0.25) is 11.8 Å². The number of carbonyl (C=O) groups is 3. The van der Waals surface area contributed by atoms with Crippen LogP contribution in [0.15, 0.2) is 60.7 Å². The molecule has 3 amide bonds. The second-order valence-electron chi connectivity index (χ2n) is 11.3. The van der Waals surface area contributed by atoms with Gasteiger partial charge in [-0.05, 0) is 65.3 Å². The lowest BCUT2D eigenvalue weighted by Crippen LogP contribution is -2.70. The molecule has 0 bridgehead atoms. The molecule has 4 rings (SSSR count). The Kier molecular flexibility index (Phi) is 8.23. The van der Waals surface area contributed by atoms with Crippen LogP contribution in [0.5, 0.6) is 0 Å². The molecule has 2 aliphatic rings. The summed E-state index contributed by atoms with van der Waals surface area (Å²) in [5, 5.41) is 9.22. The highest BCUT2D eigenvalue weighted by atomic mass is 16.2. The molecule has 2 saturated heterocycles. The van der Waals surface area contributed by atoms with Crippen LogP contribution in [0.2, 0.25) is 0 Å². The minimum Gasteiger partial charge on any atom is -0.343 e. The SMILES string of the molecule is CN[C@@H](C)C(=O)N[C@@]1(C)CN(C)CC[C@@]2(C)CC[C@@H](C(=O)NC(c3ccccc3)c3ccccc3)N2C1=O. The van der Waals surface area contributed by atoms with Gasteiger partial charge in [-0.2, -0.15) is 0 Å². The van der Waals surface area contributed by atoms with Gasteiger partial charge in [-0.25, -0.2) is 0 Å². The number of carbonyl (C=O) groups excluding carboxylic acids is 3. The third-order valence-corrected chi connectivity index (χ3v) is 8.24. The van der Waals surface area contributed by atoms with Gasteiger partial charge in [0.1, 0.15) is 11.6 Å². The fourth-order valence-corrected chi connectivity index (χ4v) is 5.83. The minimum atomic E-state index is -1.17. The largest absolute Gasteiger partial charge is 0.343 e. The molecule has 0 saturated carbocycles. The van der Waals surface area contributed by atoms with Crippen LogP contribution in [0.3, 0.4) is 0 Å². The number of likely N-dealkylation sites (N-methyl/N-ethyl adjacent to an activating group) is 2. The third-order valence-electron chi connectivity index (χ3n) is 8.24. The second kappa shape index (κ2) is 11.3. The van der Waals surface area contributed by atoms with E-state index in [2.05, 4.69) is 27.8 Å². The summed E-state index contributed by atoms with van der Waals surface area (Å²) < 4.78 is 0. The summed E-state index contributed by atoms with van der Waals surface area (Å²) in [6.45, 7) is 6.74. The fraction of sp³-hybridized carbons (Fsp3) is 0.500. The summed E-state index contributed by atoms with van der Waals surface area (Å²) in [5.41, 5.74) is 0.307. The Hall–Kier alpha value is -3.23. The van der Waals surface area contributed by atoms with Crippen LogP contribution in [-0.4, -0.2) is 77.9 Å². The number of hydrogen-bond acceptors (Lipinski definition) is 5. The lowest BCUT2D eigenvalue weighted by Gasteiger charge is -2.47. The number of amides is 3. The number of nitrogens with zero attached hydrogens (tertiary/aromatic N) is 2. The van der Waals surface area contributed by atoms with Crippen molar-refractivity contribution in [3.05, 3.63) is 71.8 Å². The number of nitrogens with one attached hydrogen (secondary N) is 3. The minimum absolute atomic E-state index is 0.175. The molecular formula is C30H41N5O3. The van der Waals surface area contributed by atoms with Crippen molar-refractivity contribution >= 4 is 17.7 Å². The molecule has 204 valence electrons. The van der Waals surface area contributed by atoms with Gasteiger partial charge < -0.3 is 25.8 Å². The lowest BCUT2D eigenvalue weighted by molar-refractivity contribution is -0.153. The molecule has 0 aromatic heterocycles. The number of hydrogen-bond donors (Lipinski definition) is 3. The molecule has 2 aliphatic heterocycles. The summed E-state index contributed by atoms with van der Waals surface area (Å²) in [6, 6.07) is 18.4. The Labute approximate surface area is 226 Å². The summed E-state index contributed by atoms with van der Waals surface area (Å²) >= 11 is 0. The number of fused-ring (bicyclic) bond motifs is 1. The monoisotopic (exact) mass is 519 g/mol. The molecule has 8 nitrogen and oxygen atoms in total. The smallest absolute Gasteiger partial charge is 0.250 e. The molecular weight excluding hydrogens is 478 g/mol. The number of benzene rings is 2. The van der Waals surface area contributed by atoms with Gasteiger partial charge in [-0.3, -0.25) is 14.4 Å². The van der Waals surface area contributed by atoms with Crippen LogP contribution >= 0.6 is 0 Å². The van der Waals surface area contributed by atoms with Crippen molar-refractivity contribution in [1.29, 1.82) is 0 Å². The Morgan fingerprint density at radius 1 is 0.974 bits per heavy atom. The maximum Gasteiger partial charge on any atom is 0.250 e. The van der Waals surface area contributed by atoms with Crippen LogP contribution in [-0.2, 0) is 14.4 Å². The van der Waals surface area contributed by atoms with Crippen molar-refractivity contribution in [2.24, 2.45) is 0 Å². The Morgan fingerprint density at radius 3 is 2.11 bits per heavy atom. The van der Waals surface area contributed by atoms with Gasteiger partial charge in [-0.1, -0.05) is 60.7 Å². The quantitative estimate of drug-likeness (QED) is 0.523. The average Bonchev–Trinajstić information content (AvgIpc) is 3.26. The molecule has 2 aromatic rings. The van der Waals surface area contributed by atoms with Gasteiger partial charge in [0.15, 0.2) is 0 Å². The highest BCUT2D eigenvalue weighted by Gasteiger charge is 2.54. The molecule has 3 N–H and O–H groups in total. The first-order valence-corrected chi connectivity index (χ1v) is 13.5. The predicted molar refractivity (Wildman–Crippen MR) is 148 cm³/mol. The maximum atomic E-state index is 14.3. The summed E-state index contributed by atoms with van der Waals surface area (Å²) in [4.78, 5) is 45.1. The first-order chi connectivity index (χ1) is 18.1. The molecule has 8 heteroatoms. The molecule has 0 radical (unpaired) electrons. The molecule has 0 aliphatic carbocycles. The van der Waals surface area contributed by atoms with E-state index in [4.69, 9.17) is 0 Å². The molecule has 4 atom stereocenters. The maximum absolute atomic E-state index is 14.3. The fourth-order valence-electron chi connectivity index (χ4n) is 5.83. The lowest BCUT2D eigenvalue weighted by atomic mass is 9.88. The topological polar surface area (TPSA) is 93.8 Å². The van der Waals surface area contributed by atoms with E-state index in [9.17, 15) is 14.4 Å². The van der Waals surface area contributed by atoms with E-state index in [1.807, 2.05) is 67.7 Å². The third kappa shape index (κ3) is 5.61. The Morgan fingerprint density at radius 2 is 1.55 bits per heavy atom. The van der Waals surface area contributed by atoms with Crippen molar-refractivity contribution in [3.8, 4) is 0 Å². The normalized spacial score (nSPS) is 26.8. The van der Waals surface area contributed by atoms with E-state index >= 15 is 0 Å². The van der Waals surface area contributed by atoms with Crippen LogP contribution < -0.4 is 16.0 Å². The van der Waals surface area contributed by atoms with Crippen LogP contribution in [0, 0.1) is 0 Å². The van der Waals surface area contributed by atoms with E-state index in [0.29, 0.717) is 13.0 Å². The molecule has 2 fully saturated rings. The zero-order valence-electron chi connectivity index (χ0n) is 23.2. The molecule has 0 spiro atoms. The number of rotatable bonds is 7. The van der Waals surface area contributed by atoms with Gasteiger partial charge >= 0.3 is 0 Å². The Bertz CT molecular complexity index is 1100. The standard InChI is InChI=1S/C30H41N5O3/c1-21(31-4)26(36)33-30(3)20-34(5)19-18-29(2)17-16-24(35(29)28(30)38)27(37)32-25(22-12-8-6-9-13-22)23-14-10-7-11-15-23/h6-15,21,24-25,31H,16-20H2,1-5H3,(H,32,37)(H,33,36)/t21-,24-,29+,30-/m0/s1. The molecule has 2 heterocycles. The summed E-state index contributed by atoms with van der Waals surface area (Å²) in [7, 11) is 3.69. The first kappa shape index (κ1) is 27.8. The van der Waals surface area contributed by atoms with E-state index < -0.39 is 23.2 Å². The van der Waals surface area contributed by atoms with Crippen molar-refractivity contribution in [3.63, 3.8) is 0 Å². The van der Waals surface area contributed by atoms with Gasteiger partial charge in [0.05, 0.1) is 12.1 Å². The van der Waals surface area contributed by atoms with Gasteiger partial charge in [-0.15, -0.1) is 0 Å². The summed E-state index contributed by atoms with van der Waals surface area (Å²) in [6.07, 6.45) is 2.06. The van der Waals surface area contributed by atoms with Gasteiger partial charge in [0, 0.05) is 18.6 Å². The summed E-state index contributed by atoms with van der Waals surface area (Å²) in [5.74, 6) is -0.629. The second-order valence-corrected chi connectivity index (χ2v) is 11.3. The predicted octanol–water partition coefficient (Wildman–Crippen LogP) is 2.46. The highest BCUT2D eigenvalue weighted by molar-refractivity contribution is 5.97. The Balaban J connectivity index is 1.65. The van der Waals surface area contributed by atoms with E-state index in [1.54, 1.807) is 25.8 Å². The van der Waals surface area contributed by atoms with Crippen molar-refractivity contribution in [2.75, 3.05) is 27.2 Å². The first-order valence-electron chi connectivity index (χ1n) is 13.5. The van der Waals surface area contributed by atoms with E-state index in [1.165, 1.54) is 0 Å². The highest BCUT2D eigenvalue weighted by Crippen LogP contribution is 2.40. The van der Waals surface area contributed by atoms with Crippen LogP contribution in [0.25, 0.3) is 0 Å². The van der Waals surface area contributed by atoms with Crippen molar-refractivity contribution in [1.82, 2.24) is 25.8 Å².